The number of nitrogens with zero attached hydrogens (tertiary/aromatic N) is 2. The van der Waals surface area contributed by atoms with Crippen LogP contribution in [0.4, 0.5) is 5.82 Å². The van der Waals surface area contributed by atoms with E-state index in [1.54, 1.807) is 0 Å². The highest BCUT2D eigenvalue weighted by Gasteiger charge is 2.14. The highest BCUT2D eigenvalue weighted by molar-refractivity contribution is 5.86. The third-order valence-corrected chi connectivity index (χ3v) is 3.43. The topological polar surface area (TPSA) is 51.7 Å². The van der Waals surface area contributed by atoms with Crippen LogP contribution in [0.25, 0.3) is 10.9 Å². The van der Waals surface area contributed by atoms with Gasteiger partial charge in [-0.1, -0.05) is 12.1 Å². The molecule has 0 spiro atoms. The zero-order valence-electron chi connectivity index (χ0n) is 12.0. The van der Waals surface area contributed by atoms with Gasteiger partial charge in [0.1, 0.15) is 23.7 Å². The first-order chi connectivity index (χ1) is 10.2. The smallest absolute Gasteiger partial charge is 0.167 e. The van der Waals surface area contributed by atoms with Gasteiger partial charge in [-0.2, -0.15) is 0 Å². The van der Waals surface area contributed by atoms with Crippen molar-refractivity contribution in [2.45, 2.75) is 6.92 Å². The third kappa shape index (κ3) is 3.13. The normalized spacial score (nSPS) is 15.2. The van der Waals surface area contributed by atoms with Crippen molar-refractivity contribution in [1.82, 2.24) is 4.98 Å². The van der Waals surface area contributed by atoms with Crippen LogP contribution in [-0.4, -0.2) is 43.7 Å². The summed E-state index contributed by atoms with van der Waals surface area (Å²) in [6, 6.07) is 9.80. The van der Waals surface area contributed by atoms with Crippen LogP contribution in [0.15, 0.2) is 30.3 Å². The van der Waals surface area contributed by atoms with Crippen molar-refractivity contribution < 1.29 is 14.3 Å². The van der Waals surface area contributed by atoms with Gasteiger partial charge in [0.2, 0.25) is 0 Å². The number of hydrogen-bond donors (Lipinski definition) is 0. The Labute approximate surface area is 123 Å². The van der Waals surface area contributed by atoms with Crippen molar-refractivity contribution in [3.63, 3.8) is 0 Å². The van der Waals surface area contributed by atoms with Crippen LogP contribution in [0.3, 0.4) is 0 Å². The van der Waals surface area contributed by atoms with Crippen LogP contribution < -0.4 is 9.64 Å². The number of Topliss-reactive ketones (excluding diaryl/α,β-unsaturated/α-hetero) is 1. The largest absolute Gasteiger partial charge is 0.484 e. The molecule has 5 heteroatoms. The molecule has 0 N–H and O–H groups in total. The number of hydrogen-bond acceptors (Lipinski definition) is 5. The maximum atomic E-state index is 11.1. The number of carbonyl (C=O) groups excluding carboxylic acids is 1. The van der Waals surface area contributed by atoms with E-state index in [1.165, 1.54) is 6.92 Å². The molecule has 110 valence electrons. The van der Waals surface area contributed by atoms with Gasteiger partial charge in [-0.25, -0.2) is 4.98 Å². The number of fused-ring (bicyclic) bond motifs is 1. The van der Waals surface area contributed by atoms with E-state index in [4.69, 9.17) is 14.5 Å². The predicted molar refractivity (Wildman–Crippen MR) is 81.0 cm³/mol. The van der Waals surface area contributed by atoms with Crippen molar-refractivity contribution in [3.8, 4) is 5.75 Å². The number of pyridine rings is 1. The first kappa shape index (κ1) is 13.8. The van der Waals surface area contributed by atoms with Crippen LogP contribution in [-0.2, 0) is 9.53 Å². The summed E-state index contributed by atoms with van der Waals surface area (Å²) in [7, 11) is 0. The lowest BCUT2D eigenvalue weighted by Gasteiger charge is -2.28. The maximum Gasteiger partial charge on any atom is 0.167 e. The second-order valence-corrected chi connectivity index (χ2v) is 5.09. The van der Waals surface area contributed by atoms with Crippen LogP contribution in [0, 0.1) is 0 Å². The molecule has 0 saturated carbocycles. The molecule has 1 fully saturated rings. The molecule has 0 unspecified atom stereocenters. The highest BCUT2D eigenvalue weighted by atomic mass is 16.5. The lowest BCUT2D eigenvalue weighted by molar-refractivity contribution is -0.118. The number of aromatic nitrogens is 1. The molecule has 0 amide bonds. The van der Waals surface area contributed by atoms with E-state index in [0.717, 1.165) is 43.0 Å². The fourth-order valence-corrected chi connectivity index (χ4v) is 2.37. The van der Waals surface area contributed by atoms with Crippen LogP contribution >= 0.6 is 0 Å². The second kappa shape index (κ2) is 6.10. The Morgan fingerprint density at radius 2 is 2.10 bits per heavy atom. The summed E-state index contributed by atoms with van der Waals surface area (Å²) in [5, 5.41) is 1.01. The van der Waals surface area contributed by atoms with Gasteiger partial charge in [-0.3, -0.25) is 4.79 Å². The van der Waals surface area contributed by atoms with E-state index in [1.807, 2.05) is 30.3 Å². The minimum absolute atomic E-state index is 0.00339. The summed E-state index contributed by atoms with van der Waals surface area (Å²) in [6.45, 7) is 4.72. The molecular formula is C16H18N2O3. The quantitative estimate of drug-likeness (QED) is 0.861. The summed E-state index contributed by atoms with van der Waals surface area (Å²) >= 11 is 0. The average Bonchev–Trinajstić information content (AvgIpc) is 2.53. The minimum atomic E-state index is -0.00339. The Morgan fingerprint density at radius 1 is 1.29 bits per heavy atom. The van der Waals surface area contributed by atoms with E-state index in [2.05, 4.69) is 4.90 Å². The Hall–Kier alpha value is -2.14. The van der Waals surface area contributed by atoms with Crippen molar-refractivity contribution in [1.29, 1.82) is 0 Å². The summed E-state index contributed by atoms with van der Waals surface area (Å²) < 4.78 is 10.9. The van der Waals surface area contributed by atoms with Crippen LogP contribution in [0.2, 0.25) is 0 Å². The van der Waals surface area contributed by atoms with E-state index in [-0.39, 0.29) is 12.4 Å². The molecule has 3 rings (SSSR count). The lowest BCUT2D eigenvalue weighted by atomic mass is 10.2. The van der Waals surface area contributed by atoms with Gasteiger partial charge < -0.3 is 14.4 Å². The molecular weight excluding hydrogens is 268 g/mol. The van der Waals surface area contributed by atoms with E-state index in [0.29, 0.717) is 5.75 Å². The van der Waals surface area contributed by atoms with Crippen molar-refractivity contribution in [2.24, 2.45) is 0 Å². The van der Waals surface area contributed by atoms with Gasteiger partial charge in [0.15, 0.2) is 5.78 Å². The summed E-state index contributed by atoms with van der Waals surface area (Å²) in [5.41, 5.74) is 0.794. The molecule has 1 saturated heterocycles. The highest BCUT2D eigenvalue weighted by Crippen LogP contribution is 2.26. The van der Waals surface area contributed by atoms with Crippen molar-refractivity contribution in [3.05, 3.63) is 30.3 Å². The van der Waals surface area contributed by atoms with Gasteiger partial charge in [0.05, 0.1) is 13.2 Å². The van der Waals surface area contributed by atoms with E-state index < -0.39 is 0 Å². The summed E-state index contributed by atoms with van der Waals surface area (Å²) in [4.78, 5) is 18.0. The third-order valence-electron chi connectivity index (χ3n) is 3.43. The van der Waals surface area contributed by atoms with E-state index in [9.17, 15) is 4.79 Å². The number of benzene rings is 1. The molecule has 1 aromatic heterocycles. The molecule has 0 radical (unpaired) electrons. The number of ketones is 1. The first-order valence-corrected chi connectivity index (χ1v) is 7.09. The van der Waals surface area contributed by atoms with Crippen molar-refractivity contribution >= 4 is 22.5 Å². The number of anilines is 1. The Bertz CT molecular complexity index is 651. The fourth-order valence-electron chi connectivity index (χ4n) is 2.37. The van der Waals surface area contributed by atoms with E-state index >= 15 is 0 Å². The average molecular weight is 286 g/mol. The van der Waals surface area contributed by atoms with Crippen molar-refractivity contribution in [2.75, 3.05) is 37.8 Å². The number of morpholine rings is 1. The SMILES string of the molecule is CC(=O)COc1cccc2ccc(N3CCOCC3)nc12. The molecule has 21 heavy (non-hydrogen) atoms. The minimum Gasteiger partial charge on any atom is -0.484 e. The lowest BCUT2D eigenvalue weighted by Crippen LogP contribution is -2.36. The Kier molecular flexibility index (Phi) is 4.01. The molecule has 1 aliphatic rings. The fraction of sp³-hybridized carbons (Fsp3) is 0.375. The molecule has 2 heterocycles. The Balaban J connectivity index is 1.94. The number of rotatable bonds is 4. The second-order valence-electron chi connectivity index (χ2n) is 5.09. The zero-order valence-corrected chi connectivity index (χ0v) is 12.0. The number of carbonyl (C=O) groups is 1. The summed E-state index contributed by atoms with van der Waals surface area (Å²) in [5.74, 6) is 1.57. The molecule has 2 aromatic rings. The zero-order chi connectivity index (χ0) is 14.7. The first-order valence-electron chi connectivity index (χ1n) is 7.09. The van der Waals surface area contributed by atoms with Crippen LogP contribution in [0.1, 0.15) is 6.92 Å². The number of para-hydroxylation sites is 1. The molecule has 1 aromatic carbocycles. The van der Waals surface area contributed by atoms with Gasteiger partial charge >= 0.3 is 0 Å². The number of ether oxygens (including phenoxy) is 2. The van der Waals surface area contributed by atoms with Gasteiger partial charge in [-0.15, -0.1) is 0 Å². The Morgan fingerprint density at radius 3 is 2.86 bits per heavy atom. The van der Waals surface area contributed by atoms with Gasteiger partial charge in [0.25, 0.3) is 0 Å². The monoisotopic (exact) mass is 286 g/mol. The summed E-state index contributed by atoms with van der Waals surface area (Å²) in [6.07, 6.45) is 0. The van der Waals surface area contributed by atoms with Crippen LogP contribution in [0.5, 0.6) is 5.75 Å². The molecule has 0 atom stereocenters. The molecule has 1 aliphatic heterocycles. The molecule has 0 bridgehead atoms. The molecule has 5 nitrogen and oxygen atoms in total. The van der Waals surface area contributed by atoms with Gasteiger partial charge in [-0.05, 0) is 25.1 Å². The predicted octanol–water partition coefficient (Wildman–Crippen LogP) is 2.04. The standard InChI is InChI=1S/C16H18N2O3/c1-12(19)11-21-14-4-2-3-13-5-6-15(17-16(13)14)18-7-9-20-10-8-18/h2-6H,7-11H2,1H3. The van der Waals surface area contributed by atoms with Gasteiger partial charge in [0, 0.05) is 18.5 Å². The maximum absolute atomic E-state index is 11.1. The molecule has 0 aliphatic carbocycles.